The van der Waals surface area contributed by atoms with E-state index in [0.29, 0.717) is 13.2 Å². The number of hydrogen-bond acceptors (Lipinski definition) is 3. The highest BCUT2D eigenvalue weighted by Crippen LogP contribution is 2.24. The van der Waals surface area contributed by atoms with Gasteiger partial charge in [-0.05, 0) is 18.8 Å². The molecule has 0 rings (SSSR count). The summed E-state index contributed by atoms with van der Waals surface area (Å²) in [5.74, 6) is 0. The summed E-state index contributed by atoms with van der Waals surface area (Å²) in [6.45, 7) is 9.04. The largest absolute Gasteiger partial charge is 0.508 e. The van der Waals surface area contributed by atoms with E-state index in [0.717, 1.165) is 6.42 Å². The molecule has 3 nitrogen and oxygen atoms in total. The first-order valence-corrected chi connectivity index (χ1v) is 6.31. The second kappa shape index (κ2) is 8.43. The summed E-state index contributed by atoms with van der Waals surface area (Å²) in [4.78, 5) is 11.0. The van der Waals surface area contributed by atoms with E-state index >= 15 is 0 Å². The van der Waals surface area contributed by atoms with Gasteiger partial charge in [0.05, 0.1) is 6.61 Å². The van der Waals surface area contributed by atoms with Crippen LogP contribution < -0.4 is 0 Å². The molecule has 0 bridgehead atoms. The van der Waals surface area contributed by atoms with Crippen molar-refractivity contribution in [3.05, 3.63) is 0 Å². The van der Waals surface area contributed by atoms with Gasteiger partial charge in [0.15, 0.2) is 0 Å². The molecule has 0 saturated carbocycles. The van der Waals surface area contributed by atoms with E-state index in [4.69, 9.17) is 9.47 Å². The van der Waals surface area contributed by atoms with Gasteiger partial charge in [-0.25, -0.2) is 4.79 Å². The molecule has 3 heteroatoms. The first kappa shape index (κ1) is 15.3. The molecule has 0 aromatic carbocycles. The number of unbranched alkanes of at least 4 members (excludes halogenated alkanes) is 3. The van der Waals surface area contributed by atoms with E-state index < -0.39 is 6.16 Å². The van der Waals surface area contributed by atoms with Gasteiger partial charge in [0, 0.05) is 0 Å². The van der Waals surface area contributed by atoms with Gasteiger partial charge in [0.25, 0.3) is 0 Å². The van der Waals surface area contributed by atoms with Crippen molar-refractivity contribution in [3.63, 3.8) is 0 Å². The van der Waals surface area contributed by atoms with Crippen LogP contribution in [-0.2, 0) is 9.47 Å². The molecule has 0 heterocycles. The van der Waals surface area contributed by atoms with Crippen LogP contribution in [0.5, 0.6) is 0 Å². The maximum Gasteiger partial charge on any atom is 0.508 e. The lowest BCUT2D eigenvalue weighted by atomic mass is 9.88. The normalized spacial score (nSPS) is 11.2. The van der Waals surface area contributed by atoms with E-state index in [1.54, 1.807) is 6.92 Å². The van der Waals surface area contributed by atoms with Crippen molar-refractivity contribution in [3.8, 4) is 0 Å². The summed E-state index contributed by atoms with van der Waals surface area (Å²) in [6, 6.07) is 0. The first-order chi connectivity index (χ1) is 7.52. The Kier molecular flexibility index (Phi) is 8.04. The third kappa shape index (κ3) is 8.57. The van der Waals surface area contributed by atoms with Gasteiger partial charge in [-0.2, -0.15) is 0 Å². The van der Waals surface area contributed by atoms with Crippen molar-refractivity contribution in [2.75, 3.05) is 13.2 Å². The monoisotopic (exact) mass is 230 g/mol. The zero-order valence-corrected chi connectivity index (χ0v) is 11.2. The highest BCUT2D eigenvalue weighted by Gasteiger charge is 2.20. The Morgan fingerprint density at radius 1 is 1.06 bits per heavy atom. The lowest BCUT2D eigenvalue weighted by molar-refractivity contribution is 0.0298. The lowest BCUT2D eigenvalue weighted by Crippen LogP contribution is -2.22. The highest BCUT2D eigenvalue weighted by molar-refractivity contribution is 5.59. The SMILES string of the molecule is CCCCCCC(C)(C)COC(=O)OCC. The van der Waals surface area contributed by atoms with Crippen molar-refractivity contribution in [1.82, 2.24) is 0 Å². The Morgan fingerprint density at radius 3 is 2.31 bits per heavy atom. The molecule has 0 fully saturated rings. The zero-order chi connectivity index (χ0) is 12.4. The molecule has 0 atom stereocenters. The van der Waals surface area contributed by atoms with E-state index in [-0.39, 0.29) is 5.41 Å². The van der Waals surface area contributed by atoms with Crippen LogP contribution in [0.15, 0.2) is 0 Å². The summed E-state index contributed by atoms with van der Waals surface area (Å²) >= 11 is 0. The molecule has 0 N–H and O–H groups in total. The van der Waals surface area contributed by atoms with Crippen LogP contribution in [0, 0.1) is 5.41 Å². The van der Waals surface area contributed by atoms with Crippen molar-refractivity contribution >= 4 is 6.16 Å². The zero-order valence-electron chi connectivity index (χ0n) is 11.2. The smallest absolute Gasteiger partial charge is 0.435 e. The van der Waals surface area contributed by atoms with Crippen molar-refractivity contribution in [2.45, 2.75) is 59.8 Å². The van der Waals surface area contributed by atoms with E-state index in [1.165, 1.54) is 25.7 Å². The van der Waals surface area contributed by atoms with Crippen molar-refractivity contribution < 1.29 is 14.3 Å². The Labute approximate surface area is 99.5 Å². The van der Waals surface area contributed by atoms with Gasteiger partial charge >= 0.3 is 6.16 Å². The Hall–Kier alpha value is -0.730. The second-order valence-corrected chi connectivity index (χ2v) is 4.95. The molecule has 0 amide bonds. The Balaban J connectivity index is 3.64. The minimum absolute atomic E-state index is 0.0561. The van der Waals surface area contributed by atoms with E-state index in [1.807, 2.05) is 0 Å². The third-order valence-electron chi connectivity index (χ3n) is 2.55. The predicted molar refractivity (Wildman–Crippen MR) is 65.5 cm³/mol. The summed E-state index contributed by atoms with van der Waals surface area (Å²) in [5.41, 5.74) is 0.0561. The molecule has 96 valence electrons. The quantitative estimate of drug-likeness (QED) is 0.464. The van der Waals surface area contributed by atoms with Crippen LogP contribution in [-0.4, -0.2) is 19.4 Å². The minimum atomic E-state index is -0.552. The Morgan fingerprint density at radius 2 is 1.75 bits per heavy atom. The molecule has 0 aliphatic carbocycles. The topological polar surface area (TPSA) is 35.5 Å². The van der Waals surface area contributed by atoms with Crippen LogP contribution >= 0.6 is 0 Å². The molecular weight excluding hydrogens is 204 g/mol. The Bertz CT molecular complexity index is 188. The average Bonchev–Trinajstić information content (AvgIpc) is 2.22. The van der Waals surface area contributed by atoms with Crippen LogP contribution in [0.3, 0.4) is 0 Å². The molecule has 0 radical (unpaired) electrons. The van der Waals surface area contributed by atoms with Gasteiger partial charge in [-0.15, -0.1) is 0 Å². The highest BCUT2D eigenvalue weighted by atomic mass is 16.7. The molecule has 0 aromatic heterocycles. The molecule has 16 heavy (non-hydrogen) atoms. The summed E-state index contributed by atoms with van der Waals surface area (Å²) in [7, 11) is 0. The molecule has 0 unspecified atom stereocenters. The molecule has 0 spiro atoms. The van der Waals surface area contributed by atoms with Gasteiger partial charge in [0.2, 0.25) is 0 Å². The van der Waals surface area contributed by atoms with Crippen molar-refractivity contribution in [1.29, 1.82) is 0 Å². The maximum absolute atomic E-state index is 11.0. The van der Waals surface area contributed by atoms with Crippen molar-refractivity contribution in [2.24, 2.45) is 5.41 Å². The standard InChI is InChI=1S/C13H26O3/c1-5-7-8-9-10-13(3,4)11-16-12(14)15-6-2/h5-11H2,1-4H3. The van der Waals surface area contributed by atoms with Gasteiger partial charge in [-0.1, -0.05) is 46.5 Å². The average molecular weight is 230 g/mol. The van der Waals surface area contributed by atoms with Crippen LogP contribution in [0.4, 0.5) is 4.79 Å². The van der Waals surface area contributed by atoms with E-state index in [9.17, 15) is 4.79 Å². The minimum Gasteiger partial charge on any atom is -0.435 e. The first-order valence-electron chi connectivity index (χ1n) is 6.31. The number of hydrogen-bond donors (Lipinski definition) is 0. The number of ether oxygens (including phenoxy) is 2. The predicted octanol–water partition coefficient (Wildman–Crippen LogP) is 4.16. The van der Waals surface area contributed by atoms with Crippen LogP contribution in [0.2, 0.25) is 0 Å². The summed E-state index contributed by atoms with van der Waals surface area (Å²) in [5, 5.41) is 0. The summed E-state index contributed by atoms with van der Waals surface area (Å²) in [6.07, 6.45) is 5.54. The fraction of sp³-hybridized carbons (Fsp3) is 0.923. The molecule has 0 aliphatic heterocycles. The van der Waals surface area contributed by atoms with Gasteiger partial charge in [-0.3, -0.25) is 0 Å². The van der Waals surface area contributed by atoms with E-state index in [2.05, 4.69) is 20.8 Å². The van der Waals surface area contributed by atoms with Crippen LogP contribution in [0.1, 0.15) is 59.8 Å². The number of rotatable bonds is 8. The second-order valence-electron chi connectivity index (χ2n) is 4.95. The number of carbonyl (C=O) groups is 1. The molecule has 0 aliphatic rings. The fourth-order valence-electron chi connectivity index (χ4n) is 1.52. The summed E-state index contributed by atoms with van der Waals surface area (Å²) < 4.78 is 9.76. The number of carbonyl (C=O) groups excluding carboxylic acids is 1. The fourth-order valence-corrected chi connectivity index (χ4v) is 1.52. The lowest BCUT2D eigenvalue weighted by Gasteiger charge is -2.23. The van der Waals surface area contributed by atoms with Gasteiger partial charge < -0.3 is 9.47 Å². The third-order valence-corrected chi connectivity index (χ3v) is 2.55. The molecule has 0 saturated heterocycles. The molecule has 0 aromatic rings. The molecular formula is C13H26O3. The van der Waals surface area contributed by atoms with Crippen LogP contribution in [0.25, 0.3) is 0 Å². The maximum atomic E-state index is 11.0. The van der Waals surface area contributed by atoms with Gasteiger partial charge in [0.1, 0.15) is 6.61 Å².